The summed E-state index contributed by atoms with van der Waals surface area (Å²) in [4.78, 5) is 58.1. The third kappa shape index (κ3) is 24.7. The number of aliphatic carboxylic acids is 6. The third-order valence-electron chi connectivity index (χ3n) is 1.43. The van der Waals surface area contributed by atoms with Crippen molar-refractivity contribution in [2.75, 3.05) is 0 Å². The molecule has 6 N–H and O–H groups in total. The van der Waals surface area contributed by atoms with E-state index in [1.165, 1.54) is 18.8 Å². The quantitative estimate of drug-likeness (QED) is 0.192. The van der Waals surface area contributed by atoms with Crippen LogP contribution in [0.2, 0.25) is 0 Å². The Bertz CT molecular complexity index is 660. The molecule has 0 aromatic carbocycles. The number of rotatable bonds is 4. The smallest absolute Gasteiger partial charge is 0.382 e. The molecular weight excluding hydrogens is 360 g/mol. The monoisotopic (exact) mass is 372 g/mol. The van der Waals surface area contributed by atoms with Crippen LogP contribution >= 0.6 is 0 Å². The summed E-state index contributed by atoms with van der Waals surface area (Å²) in [5.74, 6) is -2.76. The van der Waals surface area contributed by atoms with E-state index in [4.69, 9.17) is 30.6 Å². The first-order chi connectivity index (χ1) is 11.8. The standard InChI is InChI=1S/C6H6O4.C4H4O4.C4H2O4/c1-2-3-4(5(7)8)6(9)10;2*5-3(6)1-2-4(7)8/h4H,1H3,(H,7,8)(H,9,10);1-2H,(H,5,6)(H,7,8);(H,5,6)(H,7,8)/b;2-1+;. The molecule has 0 amide bonds. The van der Waals surface area contributed by atoms with Crippen molar-refractivity contribution in [1.29, 1.82) is 0 Å². The van der Waals surface area contributed by atoms with Crippen molar-refractivity contribution >= 4 is 35.8 Å². The second-order valence-electron chi connectivity index (χ2n) is 3.37. The Morgan fingerprint density at radius 2 is 1.00 bits per heavy atom. The summed E-state index contributed by atoms with van der Waals surface area (Å²) in [6.45, 7) is 1.39. The van der Waals surface area contributed by atoms with Crippen LogP contribution in [0.1, 0.15) is 6.92 Å². The molecule has 0 aliphatic carbocycles. The van der Waals surface area contributed by atoms with Crippen molar-refractivity contribution in [3.63, 3.8) is 0 Å². The molecule has 12 nitrogen and oxygen atoms in total. The molecule has 0 saturated carbocycles. The molecule has 12 heteroatoms. The first-order valence-electron chi connectivity index (χ1n) is 5.84. The highest BCUT2D eigenvalue weighted by Crippen LogP contribution is 1.93. The van der Waals surface area contributed by atoms with Gasteiger partial charge in [-0.1, -0.05) is 5.92 Å². The van der Waals surface area contributed by atoms with Gasteiger partial charge in [-0.25, -0.2) is 19.2 Å². The molecule has 0 saturated heterocycles. The second-order valence-corrected chi connectivity index (χ2v) is 3.37. The summed E-state index contributed by atoms with van der Waals surface area (Å²) in [7, 11) is 0. The maximum Gasteiger partial charge on any atom is 0.382 e. The van der Waals surface area contributed by atoms with E-state index in [0.717, 1.165) is 0 Å². The van der Waals surface area contributed by atoms with Crippen molar-refractivity contribution in [3.8, 4) is 23.7 Å². The second kappa shape index (κ2) is 15.6. The largest absolute Gasteiger partial charge is 0.480 e. The fourth-order valence-corrected chi connectivity index (χ4v) is 0.623. The molecule has 0 radical (unpaired) electrons. The van der Waals surface area contributed by atoms with Crippen LogP contribution in [0, 0.1) is 29.6 Å². The summed E-state index contributed by atoms with van der Waals surface area (Å²) in [6, 6.07) is 0. The Balaban J connectivity index is -0.000000308. The van der Waals surface area contributed by atoms with Crippen LogP contribution in [-0.4, -0.2) is 66.5 Å². The normalized spacial score (nSPS) is 8.08. The van der Waals surface area contributed by atoms with Crippen molar-refractivity contribution in [1.82, 2.24) is 0 Å². The Labute approximate surface area is 145 Å². The fraction of sp³-hybridized carbons (Fsp3) is 0.143. The van der Waals surface area contributed by atoms with Crippen LogP contribution in [0.3, 0.4) is 0 Å². The van der Waals surface area contributed by atoms with Gasteiger partial charge in [-0.15, -0.1) is 5.92 Å². The highest BCUT2D eigenvalue weighted by Gasteiger charge is 2.22. The Morgan fingerprint density at radius 3 is 1.12 bits per heavy atom. The highest BCUT2D eigenvalue weighted by molar-refractivity contribution is 5.96. The highest BCUT2D eigenvalue weighted by atomic mass is 16.4. The van der Waals surface area contributed by atoms with Gasteiger partial charge < -0.3 is 30.6 Å². The molecular formula is C14H12O12. The van der Waals surface area contributed by atoms with E-state index >= 15 is 0 Å². The van der Waals surface area contributed by atoms with E-state index < -0.39 is 41.7 Å². The molecule has 0 rings (SSSR count). The topological polar surface area (TPSA) is 224 Å². The van der Waals surface area contributed by atoms with Crippen LogP contribution in [0.4, 0.5) is 0 Å². The van der Waals surface area contributed by atoms with Gasteiger partial charge >= 0.3 is 35.8 Å². The summed E-state index contributed by atoms with van der Waals surface area (Å²) in [5, 5.41) is 47.5. The van der Waals surface area contributed by atoms with Crippen molar-refractivity contribution in [3.05, 3.63) is 12.2 Å². The Kier molecular flexibility index (Phi) is 15.9. The molecule has 0 heterocycles. The van der Waals surface area contributed by atoms with Gasteiger partial charge in [0.05, 0.1) is 0 Å². The zero-order chi connectivity index (χ0) is 21.3. The van der Waals surface area contributed by atoms with Crippen molar-refractivity contribution in [2.45, 2.75) is 6.92 Å². The van der Waals surface area contributed by atoms with E-state index in [-0.39, 0.29) is 0 Å². The maximum atomic E-state index is 10.0. The zero-order valence-electron chi connectivity index (χ0n) is 12.9. The van der Waals surface area contributed by atoms with E-state index in [0.29, 0.717) is 12.2 Å². The van der Waals surface area contributed by atoms with Gasteiger partial charge in [0.1, 0.15) is 0 Å². The Hall–Kier alpha value is -4.32. The number of carboxylic acids is 6. The lowest BCUT2D eigenvalue weighted by Gasteiger charge is -1.94. The number of hydrogen-bond donors (Lipinski definition) is 6. The summed E-state index contributed by atoms with van der Waals surface area (Å²) >= 11 is 0. The van der Waals surface area contributed by atoms with Crippen molar-refractivity contribution < 1.29 is 59.4 Å². The molecule has 0 aliphatic rings. The maximum absolute atomic E-state index is 10.0. The lowest BCUT2D eigenvalue weighted by molar-refractivity contribution is -0.151. The predicted molar refractivity (Wildman–Crippen MR) is 79.7 cm³/mol. The van der Waals surface area contributed by atoms with Crippen LogP contribution in [0.15, 0.2) is 12.2 Å². The average molecular weight is 372 g/mol. The van der Waals surface area contributed by atoms with Gasteiger partial charge in [0.25, 0.3) is 0 Å². The predicted octanol–water partition coefficient (Wildman–Crippen LogP) is -1.33. The van der Waals surface area contributed by atoms with Crippen LogP contribution in [-0.2, 0) is 28.8 Å². The summed E-state index contributed by atoms with van der Waals surface area (Å²) in [6.07, 6.45) is 1.12. The fourth-order valence-electron chi connectivity index (χ4n) is 0.623. The van der Waals surface area contributed by atoms with Crippen molar-refractivity contribution in [2.24, 2.45) is 5.92 Å². The van der Waals surface area contributed by atoms with Gasteiger partial charge in [0.15, 0.2) is 0 Å². The first-order valence-corrected chi connectivity index (χ1v) is 5.84. The molecule has 0 atom stereocenters. The average Bonchev–Trinajstić information content (AvgIpc) is 2.49. The summed E-state index contributed by atoms with van der Waals surface area (Å²) in [5.41, 5.74) is 0. The van der Waals surface area contributed by atoms with E-state index in [9.17, 15) is 28.8 Å². The molecule has 0 aliphatic heterocycles. The van der Waals surface area contributed by atoms with Gasteiger partial charge in [-0.05, 0) is 6.92 Å². The molecule has 0 spiro atoms. The zero-order valence-corrected chi connectivity index (χ0v) is 12.9. The van der Waals surface area contributed by atoms with Gasteiger partial charge in [0, 0.05) is 24.0 Å². The number of hydrogen-bond acceptors (Lipinski definition) is 6. The molecule has 140 valence electrons. The SMILES string of the molecule is CC#CC(C(=O)O)C(=O)O.O=C(O)/C=C/C(=O)O.O=C(O)C#CC(=O)O. The van der Waals surface area contributed by atoms with Gasteiger partial charge in [-0.3, -0.25) is 9.59 Å². The molecule has 26 heavy (non-hydrogen) atoms. The lowest BCUT2D eigenvalue weighted by Crippen LogP contribution is -2.21. The minimum absolute atomic E-state index is 0.558. The van der Waals surface area contributed by atoms with E-state index in [2.05, 4.69) is 5.92 Å². The number of carbonyl (C=O) groups is 6. The molecule has 0 aromatic rings. The molecule has 0 unspecified atom stereocenters. The van der Waals surface area contributed by atoms with Crippen LogP contribution in [0.25, 0.3) is 0 Å². The van der Waals surface area contributed by atoms with E-state index in [1.54, 1.807) is 0 Å². The third-order valence-corrected chi connectivity index (χ3v) is 1.43. The minimum atomic E-state index is -1.59. The molecule has 0 aromatic heterocycles. The summed E-state index contributed by atoms with van der Waals surface area (Å²) < 4.78 is 0. The Morgan fingerprint density at radius 1 is 0.692 bits per heavy atom. The lowest BCUT2D eigenvalue weighted by atomic mass is 10.1. The van der Waals surface area contributed by atoms with E-state index in [1.807, 2.05) is 5.92 Å². The molecule has 0 fully saturated rings. The minimum Gasteiger partial charge on any atom is -0.480 e. The van der Waals surface area contributed by atoms with Gasteiger partial charge in [-0.2, -0.15) is 0 Å². The first kappa shape index (κ1) is 26.6. The van der Waals surface area contributed by atoms with Crippen LogP contribution < -0.4 is 0 Å². The van der Waals surface area contributed by atoms with Crippen LogP contribution in [0.5, 0.6) is 0 Å². The molecule has 0 bridgehead atoms. The van der Waals surface area contributed by atoms with Gasteiger partial charge in [0.2, 0.25) is 5.92 Å². The number of carboxylic acid groups (broad SMARTS) is 6.